The van der Waals surface area contributed by atoms with E-state index in [2.05, 4.69) is 5.32 Å². The SMILES string of the molecule is CCOC(=O)C1=C(C)N=C2SC=C(CC(=O)N[C@H](C)c3ccccc3)N2[C@H]1c1cccc(OC)c1OC. The number of nitrogens with one attached hydrogen (secondary N) is 1. The van der Waals surface area contributed by atoms with Gasteiger partial charge in [-0.05, 0) is 37.8 Å². The van der Waals surface area contributed by atoms with Crippen molar-refractivity contribution in [1.82, 2.24) is 10.2 Å². The Morgan fingerprint density at radius 3 is 2.54 bits per heavy atom. The van der Waals surface area contributed by atoms with Crippen molar-refractivity contribution in [3.8, 4) is 11.5 Å². The van der Waals surface area contributed by atoms with Crippen molar-refractivity contribution >= 4 is 28.8 Å². The zero-order chi connectivity index (χ0) is 26.5. The summed E-state index contributed by atoms with van der Waals surface area (Å²) >= 11 is 1.42. The smallest absolute Gasteiger partial charge is 0.338 e. The highest BCUT2D eigenvalue weighted by Gasteiger charge is 2.42. The van der Waals surface area contributed by atoms with Crippen LogP contribution in [0.2, 0.25) is 0 Å². The highest BCUT2D eigenvalue weighted by atomic mass is 32.2. The number of allylic oxidation sites excluding steroid dienone is 1. The van der Waals surface area contributed by atoms with Gasteiger partial charge in [-0.25, -0.2) is 9.79 Å². The van der Waals surface area contributed by atoms with Crippen LogP contribution in [0.25, 0.3) is 0 Å². The van der Waals surface area contributed by atoms with Crippen molar-refractivity contribution in [2.45, 2.75) is 39.3 Å². The molecule has 1 N–H and O–H groups in total. The summed E-state index contributed by atoms with van der Waals surface area (Å²) in [4.78, 5) is 33.0. The summed E-state index contributed by atoms with van der Waals surface area (Å²) in [7, 11) is 3.13. The van der Waals surface area contributed by atoms with Gasteiger partial charge in [0, 0.05) is 11.3 Å². The Morgan fingerprint density at radius 1 is 1.11 bits per heavy atom. The highest BCUT2D eigenvalue weighted by molar-refractivity contribution is 8.16. The number of carbonyl (C=O) groups is 2. The van der Waals surface area contributed by atoms with Gasteiger partial charge in [-0.15, -0.1) is 0 Å². The third kappa shape index (κ3) is 5.36. The minimum atomic E-state index is -0.614. The van der Waals surface area contributed by atoms with Crippen LogP contribution in [0.1, 0.15) is 50.4 Å². The average molecular weight is 522 g/mol. The number of fused-ring (bicyclic) bond motifs is 1. The predicted molar refractivity (Wildman–Crippen MR) is 144 cm³/mol. The van der Waals surface area contributed by atoms with Gasteiger partial charge in [0.05, 0.1) is 50.6 Å². The van der Waals surface area contributed by atoms with Crippen molar-refractivity contribution in [3.05, 3.63) is 82.0 Å². The van der Waals surface area contributed by atoms with Gasteiger partial charge in [0.25, 0.3) is 0 Å². The van der Waals surface area contributed by atoms with Crippen LogP contribution in [0.4, 0.5) is 0 Å². The van der Waals surface area contributed by atoms with Crippen LogP contribution in [0.15, 0.2) is 75.9 Å². The average Bonchev–Trinajstić information content (AvgIpc) is 3.29. The number of esters is 1. The Hall–Kier alpha value is -3.72. The number of benzene rings is 2. The Bertz CT molecular complexity index is 1270. The van der Waals surface area contributed by atoms with Crippen LogP contribution in [0, 0.1) is 0 Å². The number of amides is 1. The summed E-state index contributed by atoms with van der Waals surface area (Å²) in [5, 5.41) is 5.66. The lowest BCUT2D eigenvalue weighted by atomic mass is 9.92. The van der Waals surface area contributed by atoms with Crippen LogP contribution >= 0.6 is 11.8 Å². The van der Waals surface area contributed by atoms with Gasteiger partial charge >= 0.3 is 5.97 Å². The zero-order valence-corrected chi connectivity index (χ0v) is 22.4. The summed E-state index contributed by atoms with van der Waals surface area (Å²) in [6, 6.07) is 14.6. The summed E-state index contributed by atoms with van der Waals surface area (Å²) in [6.45, 7) is 5.74. The second-order valence-corrected chi connectivity index (χ2v) is 9.41. The molecule has 0 radical (unpaired) electrons. The number of para-hydroxylation sites is 1. The Kier molecular flexibility index (Phi) is 8.23. The van der Waals surface area contributed by atoms with E-state index < -0.39 is 12.0 Å². The predicted octanol–water partition coefficient (Wildman–Crippen LogP) is 5.11. The first-order valence-electron chi connectivity index (χ1n) is 12.1. The van der Waals surface area contributed by atoms with Gasteiger partial charge in [0.15, 0.2) is 16.7 Å². The van der Waals surface area contributed by atoms with E-state index in [9.17, 15) is 9.59 Å². The number of thioether (sulfide) groups is 1. The van der Waals surface area contributed by atoms with Gasteiger partial charge in [-0.1, -0.05) is 54.2 Å². The molecule has 0 spiro atoms. The second-order valence-electron chi connectivity index (χ2n) is 8.57. The first-order chi connectivity index (χ1) is 17.9. The van der Waals surface area contributed by atoms with Crippen LogP contribution in [0.5, 0.6) is 11.5 Å². The molecule has 0 aromatic heterocycles. The van der Waals surface area contributed by atoms with Gasteiger partial charge in [0.2, 0.25) is 5.91 Å². The maximum absolute atomic E-state index is 13.2. The molecule has 0 unspecified atom stereocenters. The molecule has 2 heterocycles. The van der Waals surface area contributed by atoms with Gasteiger partial charge in [-0.2, -0.15) is 0 Å². The Labute approximate surface area is 221 Å². The third-order valence-corrected chi connectivity index (χ3v) is 7.13. The molecule has 0 saturated carbocycles. The molecule has 0 bridgehead atoms. The highest BCUT2D eigenvalue weighted by Crippen LogP contribution is 2.48. The third-order valence-electron chi connectivity index (χ3n) is 6.24. The fourth-order valence-electron chi connectivity index (χ4n) is 4.54. The zero-order valence-electron chi connectivity index (χ0n) is 21.6. The minimum absolute atomic E-state index is 0.112. The fraction of sp³-hybridized carbons (Fsp3) is 0.321. The molecule has 4 rings (SSSR count). The van der Waals surface area contributed by atoms with Crippen LogP contribution in [-0.2, 0) is 14.3 Å². The summed E-state index contributed by atoms with van der Waals surface area (Å²) in [5.41, 5.74) is 3.41. The molecule has 194 valence electrons. The largest absolute Gasteiger partial charge is 0.493 e. The van der Waals surface area contributed by atoms with E-state index in [-0.39, 0.29) is 25.0 Å². The van der Waals surface area contributed by atoms with Gasteiger partial charge < -0.3 is 24.4 Å². The Morgan fingerprint density at radius 2 is 1.86 bits per heavy atom. The summed E-state index contributed by atoms with van der Waals surface area (Å²) < 4.78 is 16.7. The lowest BCUT2D eigenvalue weighted by molar-refractivity contribution is -0.139. The first-order valence-corrected chi connectivity index (χ1v) is 12.9. The van der Waals surface area contributed by atoms with Crippen molar-refractivity contribution in [2.24, 2.45) is 4.99 Å². The van der Waals surface area contributed by atoms with Crippen LogP contribution in [0.3, 0.4) is 0 Å². The number of hydrogen-bond acceptors (Lipinski definition) is 8. The molecule has 2 aliphatic heterocycles. The number of nitrogens with zero attached hydrogens (tertiary/aromatic N) is 2. The van der Waals surface area contributed by atoms with Crippen molar-refractivity contribution < 1.29 is 23.8 Å². The number of ether oxygens (including phenoxy) is 3. The van der Waals surface area contributed by atoms with Crippen molar-refractivity contribution in [3.63, 3.8) is 0 Å². The number of rotatable bonds is 9. The molecule has 2 aromatic carbocycles. The standard InChI is InChI=1S/C28H31N3O5S/c1-6-36-27(33)24-18(3)30-28-31(25(24)21-13-10-14-22(34-4)26(21)35-5)20(16-37-28)15-23(32)29-17(2)19-11-8-7-9-12-19/h7-14,16-17,25H,6,15H2,1-5H3,(H,29,32)/t17-,25+/m1/s1. The van der Waals surface area contributed by atoms with Gasteiger partial charge in [-0.3, -0.25) is 4.79 Å². The topological polar surface area (TPSA) is 89.5 Å². The molecule has 2 atom stereocenters. The van der Waals surface area contributed by atoms with E-state index in [1.807, 2.05) is 59.7 Å². The second kappa shape index (κ2) is 11.6. The quantitative estimate of drug-likeness (QED) is 0.459. The molecular formula is C28H31N3O5S. The summed E-state index contributed by atoms with van der Waals surface area (Å²) in [6.07, 6.45) is 0.112. The van der Waals surface area contributed by atoms with Crippen molar-refractivity contribution in [2.75, 3.05) is 20.8 Å². The molecular weight excluding hydrogens is 490 g/mol. The van der Waals surface area contributed by atoms with E-state index in [1.54, 1.807) is 34.1 Å². The van der Waals surface area contributed by atoms with E-state index in [0.29, 0.717) is 33.5 Å². The number of hydrogen-bond donors (Lipinski definition) is 1. The molecule has 2 aromatic rings. The molecule has 2 aliphatic rings. The first kappa shape index (κ1) is 26.3. The molecule has 1 amide bonds. The summed E-state index contributed by atoms with van der Waals surface area (Å²) in [5.74, 6) is 0.446. The van der Waals surface area contributed by atoms with E-state index in [0.717, 1.165) is 11.3 Å². The molecule has 0 aliphatic carbocycles. The fourth-order valence-corrected chi connectivity index (χ4v) is 5.51. The maximum atomic E-state index is 13.2. The van der Waals surface area contributed by atoms with E-state index in [4.69, 9.17) is 19.2 Å². The number of aliphatic imine (C=N–C) groups is 1. The lowest BCUT2D eigenvalue weighted by Gasteiger charge is -2.37. The number of amidine groups is 1. The van der Waals surface area contributed by atoms with Gasteiger partial charge in [0.1, 0.15) is 0 Å². The van der Waals surface area contributed by atoms with E-state index in [1.165, 1.54) is 11.8 Å². The molecule has 0 saturated heterocycles. The molecule has 8 nitrogen and oxygen atoms in total. The van der Waals surface area contributed by atoms with Crippen LogP contribution < -0.4 is 14.8 Å². The molecule has 0 fully saturated rings. The Balaban J connectivity index is 1.70. The van der Waals surface area contributed by atoms with Crippen LogP contribution in [-0.4, -0.2) is 42.8 Å². The minimum Gasteiger partial charge on any atom is -0.493 e. The molecule has 9 heteroatoms. The maximum Gasteiger partial charge on any atom is 0.338 e. The number of methoxy groups -OCH3 is 2. The van der Waals surface area contributed by atoms with Crippen molar-refractivity contribution in [1.29, 1.82) is 0 Å². The molecule has 37 heavy (non-hydrogen) atoms. The monoisotopic (exact) mass is 521 g/mol. The lowest BCUT2D eigenvalue weighted by Crippen LogP contribution is -2.38. The number of carbonyl (C=O) groups excluding carboxylic acids is 2. The van der Waals surface area contributed by atoms with E-state index >= 15 is 0 Å². The normalized spacial score (nSPS) is 17.4.